The van der Waals surface area contributed by atoms with Crippen LogP contribution in [-0.2, 0) is 28.6 Å². The number of fused-ring (bicyclic) bond motifs is 6. The van der Waals surface area contributed by atoms with Gasteiger partial charge in [0.2, 0.25) is 0 Å². The lowest BCUT2D eigenvalue weighted by molar-refractivity contribution is -0.156. The number of aliphatic hydroxyl groups is 1. The van der Waals surface area contributed by atoms with Gasteiger partial charge in [0.05, 0.1) is 11.5 Å². The van der Waals surface area contributed by atoms with E-state index in [1.54, 1.807) is 0 Å². The number of ether oxygens (including phenoxy) is 3. The van der Waals surface area contributed by atoms with Crippen LogP contribution in [0.15, 0.2) is 34.4 Å². The summed E-state index contributed by atoms with van der Waals surface area (Å²) in [5, 5.41) is 11.1. The van der Waals surface area contributed by atoms with Gasteiger partial charge in [0.25, 0.3) is 0 Å². The molecule has 0 aromatic carbocycles. The predicted molar refractivity (Wildman–Crippen MR) is 141 cm³/mol. The van der Waals surface area contributed by atoms with Crippen LogP contribution in [0.5, 0.6) is 0 Å². The second kappa shape index (κ2) is 7.86. The Morgan fingerprint density at radius 3 is 2.56 bits per heavy atom. The van der Waals surface area contributed by atoms with E-state index < -0.39 is 23.0 Å². The van der Waals surface area contributed by atoms with E-state index in [1.807, 2.05) is 0 Å². The Hall–Kier alpha value is -2.41. The number of hydrogen-bond acceptors (Lipinski definition) is 7. The van der Waals surface area contributed by atoms with Gasteiger partial charge in [-0.2, -0.15) is 0 Å². The van der Waals surface area contributed by atoms with Crippen LogP contribution < -0.4 is 0 Å². The minimum atomic E-state index is -0.781. The van der Waals surface area contributed by atoms with Crippen LogP contribution in [0.2, 0.25) is 0 Å². The Morgan fingerprint density at radius 2 is 1.85 bits per heavy atom. The highest BCUT2D eigenvalue weighted by atomic mass is 16.6. The molecule has 7 rings (SSSR count). The summed E-state index contributed by atoms with van der Waals surface area (Å²) in [6.07, 6.45) is 3.44. The molecule has 2 spiro atoms. The van der Waals surface area contributed by atoms with E-state index >= 15 is 0 Å². The van der Waals surface area contributed by atoms with Gasteiger partial charge in [0.15, 0.2) is 0 Å². The third kappa shape index (κ3) is 2.90. The number of aliphatic hydroxyl groups excluding tert-OH is 1. The van der Waals surface area contributed by atoms with E-state index in [2.05, 4.69) is 34.3 Å². The van der Waals surface area contributed by atoms with Gasteiger partial charge >= 0.3 is 17.9 Å². The fourth-order valence-corrected chi connectivity index (χ4v) is 10.8. The van der Waals surface area contributed by atoms with Crippen molar-refractivity contribution in [1.82, 2.24) is 0 Å². The van der Waals surface area contributed by atoms with E-state index in [0.29, 0.717) is 31.3 Å². The lowest BCUT2D eigenvalue weighted by Gasteiger charge is -2.50. The van der Waals surface area contributed by atoms with Crippen LogP contribution in [0.1, 0.15) is 79.6 Å². The van der Waals surface area contributed by atoms with E-state index in [-0.39, 0.29) is 59.2 Å². The van der Waals surface area contributed by atoms with Crippen molar-refractivity contribution in [3.63, 3.8) is 0 Å². The van der Waals surface area contributed by atoms with Crippen LogP contribution >= 0.6 is 0 Å². The van der Waals surface area contributed by atoms with Crippen molar-refractivity contribution in [1.29, 1.82) is 0 Å². The first-order valence-corrected chi connectivity index (χ1v) is 14.7. The van der Waals surface area contributed by atoms with Crippen molar-refractivity contribution in [3.8, 4) is 0 Å². The maximum Gasteiger partial charge on any atom is 0.334 e. The standard InChI is InChI=1S/C32H40O7/c1-14-7-8-25(34)30(6)12-24-22(11-20(14)30)32(29(36)39-24)13-31-15(2)9-23-19(16(3)28(35)38-23)10-21(31)17(4)26(32)27(31)37-18(5)33/h15,19,22-27,34H,3,7-13H2,1-2,4-6H3/t15-,19+,22-,23-,24+,25+,26-,27?,30+,31-,32-/m0/s1. The molecule has 5 fully saturated rings. The minimum Gasteiger partial charge on any atom is -0.462 e. The SMILES string of the molecule is C=C1C(=O)O[C@H]2C[C@H](C)[C@@]34C[C@@]5(C(=O)O[C@@H]6C[C@]7(C)C(=C(C)CC[C@H]7O)C[C@@H]65)[C@@H](C(C)=C3C[C@H]12)C4OC(C)=O. The van der Waals surface area contributed by atoms with Crippen molar-refractivity contribution in [2.75, 3.05) is 0 Å². The van der Waals surface area contributed by atoms with E-state index in [9.17, 15) is 19.5 Å². The number of esters is 3. The molecule has 1 N–H and O–H groups in total. The quantitative estimate of drug-likeness (QED) is 0.227. The first kappa shape index (κ1) is 25.6. The fraction of sp³-hybridized carbons (Fsp3) is 0.719. The van der Waals surface area contributed by atoms with Crippen LogP contribution in [0, 0.1) is 39.9 Å². The molecule has 2 bridgehead atoms. The summed E-state index contributed by atoms with van der Waals surface area (Å²) < 4.78 is 18.3. The number of rotatable bonds is 1. The molecule has 39 heavy (non-hydrogen) atoms. The third-order valence-electron chi connectivity index (χ3n) is 12.6. The Kier molecular flexibility index (Phi) is 5.15. The van der Waals surface area contributed by atoms with Crippen LogP contribution in [0.25, 0.3) is 0 Å². The summed E-state index contributed by atoms with van der Waals surface area (Å²) in [4.78, 5) is 39.2. The molecule has 2 heterocycles. The summed E-state index contributed by atoms with van der Waals surface area (Å²) in [7, 11) is 0. The number of allylic oxidation sites excluding steroid dienone is 1. The molecule has 0 amide bonds. The monoisotopic (exact) mass is 536 g/mol. The highest BCUT2D eigenvalue weighted by molar-refractivity contribution is 5.91. The van der Waals surface area contributed by atoms with Gasteiger partial charge in [-0.1, -0.05) is 42.7 Å². The van der Waals surface area contributed by atoms with Gasteiger partial charge < -0.3 is 19.3 Å². The molecule has 0 aromatic rings. The molecule has 11 atom stereocenters. The Labute approximate surface area is 230 Å². The minimum absolute atomic E-state index is 0.0306. The van der Waals surface area contributed by atoms with Gasteiger partial charge in [-0.15, -0.1) is 0 Å². The molecular weight excluding hydrogens is 496 g/mol. The predicted octanol–water partition coefficient (Wildman–Crippen LogP) is 4.58. The smallest absolute Gasteiger partial charge is 0.334 e. The molecule has 210 valence electrons. The Balaban J connectivity index is 1.37. The van der Waals surface area contributed by atoms with Crippen molar-refractivity contribution < 1.29 is 33.7 Å². The highest BCUT2D eigenvalue weighted by Gasteiger charge is 2.79. The van der Waals surface area contributed by atoms with Crippen molar-refractivity contribution in [3.05, 3.63) is 34.4 Å². The van der Waals surface area contributed by atoms with Crippen molar-refractivity contribution in [2.45, 2.75) is 104 Å². The fourth-order valence-electron chi connectivity index (χ4n) is 10.8. The molecule has 7 aliphatic rings. The molecule has 7 nitrogen and oxygen atoms in total. The molecule has 0 aromatic heterocycles. The third-order valence-corrected chi connectivity index (χ3v) is 12.6. The molecule has 5 aliphatic carbocycles. The number of carbonyl (C=O) groups excluding carboxylic acids is 3. The molecule has 7 heteroatoms. The molecule has 0 radical (unpaired) electrons. The largest absolute Gasteiger partial charge is 0.462 e. The van der Waals surface area contributed by atoms with Crippen molar-refractivity contribution in [2.24, 2.45) is 39.9 Å². The average molecular weight is 537 g/mol. The molecular formula is C32H40O7. The topological polar surface area (TPSA) is 99.1 Å². The van der Waals surface area contributed by atoms with Gasteiger partial charge in [-0.05, 0) is 64.7 Å². The molecule has 3 saturated carbocycles. The number of carbonyl (C=O) groups is 3. The molecule has 2 saturated heterocycles. The van der Waals surface area contributed by atoms with Gasteiger partial charge in [0, 0.05) is 41.1 Å². The van der Waals surface area contributed by atoms with Crippen LogP contribution in [0.3, 0.4) is 0 Å². The van der Waals surface area contributed by atoms with Gasteiger partial charge in [-0.3, -0.25) is 9.59 Å². The van der Waals surface area contributed by atoms with Crippen LogP contribution in [0.4, 0.5) is 0 Å². The van der Waals surface area contributed by atoms with E-state index in [0.717, 1.165) is 24.8 Å². The van der Waals surface area contributed by atoms with Crippen molar-refractivity contribution >= 4 is 17.9 Å². The highest BCUT2D eigenvalue weighted by Crippen LogP contribution is 2.76. The summed E-state index contributed by atoms with van der Waals surface area (Å²) in [6, 6.07) is 0. The summed E-state index contributed by atoms with van der Waals surface area (Å²) >= 11 is 0. The Bertz CT molecular complexity index is 1290. The zero-order valence-electron chi connectivity index (χ0n) is 23.7. The van der Waals surface area contributed by atoms with Gasteiger partial charge in [0.1, 0.15) is 18.3 Å². The summed E-state index contributed by atoms with van der Waals surface area (Å²) in [5.41, 5.74) is 3.81. The normalized spacial score (nSPS) is 49.8. The lowest BCUT2D eigenvalue weighted by Crippen LogP contribution is -2.50. The number of hydrogen-bond donors (Lipinski definition) is 1. The lowest BCUT2D eigenvalue weighted by atomic mass is 9.52. The van der Waals surface area contributed by atoms with Crippen LogP contribution in [-0.4, -0.2) is 47.4 Å². The summed E-state index contributed by atoms with van der Waals surface area (Å²) in [5.74, 6) is -1.17. The van der Waals surface area contributed by atoms with E-state index in [4.69, 9.17) is 14.2 Å². The zero-order chi connectivity index (χ0) is 27.8. The summed E-state index contributed by atoms with van der Waals surface area (Å²) in [6.45, 7) is 14.1. The molecule has 2 aliphatic heterocycles. The zero-order valence-corrected chi connectivity index (χ0v) is 23.7. The Morgan fingerprint density at radius 1 is 1.10 bits per heavy atom. The first-order valence-electron chi connectivity index (χ1n) is 14.7. The average Bonchev–Trinajstić information content (AvgIpc) is 3.44. The molecule has 1 unspecified atom stereocenters. The maximum atomic E-state index is 14.2. The second-order valence-corrected chi connectivity index (χ2v) is 14.0. The first-order chi connectivity index (χ1) is 18.4. The van der Waals surface area contributed by atoms with E-state index in [1.165, 1.54) is 23.6 Å². The van der Waals surface area contributed by atoms with Gasteiger partial charge in [-0.25, -0.2) is 4.79 Å². The maximum absolute atomic E-state index is 14.2. The second-order valence-electron chi connectivity index (χ2n) is 14.0.